The number of H-pyrrole nitrogens is 4. The molecule has 0 spiro atoms. The van der Waals surface area contributed by atoms with Crippen LogP contribution in [0.5, 0.6) is 0 Å². The third kappa shape index (κ3) is 5.39. The molecule has 0 aromatic carbocycles. The van der Waals surface area contributed by atoms with E-state index >= 15 is 0 Å². The fourth-order valence-electron chi connectivity index (χ4n) is 3.38. The Kier molecular flexibility index (Phi) is 7.53. The van der Waals surface area contributed by atoms with Crippen molar-refractivity contribution >= 4 is 34.1 Å². The summed E-state index contributed by atoms with van der Waals surface area (Å²) < 4.78 is 6.08. The van der Waals surface area contributed by atoms with Gasteiger partial charge < -0.3 is 41.5 Å². The summed E-state index contributed by atoms with van der Waals surface area (Å²) >= 11 is 0. The van der Waals surface area contributed by atoms with Gasteiger partial charge in [0.15, 0.2) is 28.9 Å². The van der Waals surface area contributed by atoms with Crippen LogP contribution in [-0.4, -0.2) is 89.7 Å². The number of nitrogens with two attached hydrogens (primary N) is 2. The molecule has 1 aliphatic rings. The van der Waals surface area contributed by atoms with Crippen LogP contribution in [0.1, 0.15) is 6.23 Å². The van der Waals surface area contributed by atoms with Gasteiger partial charge in [-0.15, -0.1) is 0 Å². The zero-order chi connectivity index (χ0) is 27.4. The van der Waals surface area contributed by atoms with Crippen LogP contribution in [-0.2, 0) is 4.74 Å². The fraction of sp³-hybridized carbons (Fsp3) is 0.263. The van der Waals surface area contributed by atoms with E-state index < -0.39 is 42.4 Å². The maximum atomic E-state index is 11.4. The molecular weight excluding hydrogens is 508 g/mol. The maximum absolute atomic E-state index is 11.4. The van der Waals surface area contributed by atoms with Crippen molar-refractivity contribution < 1.29 is 20.1 Å². The molecule has 0 radical (unpaired) electrons. The number of fused-ring (bicyclic) bond motifs is 2. The molecule has 4 atom stereocenters. The Balaban J connectivity index is 0.000000139. The van der Waals surface area contributed by atoms with Crippen LogP contribution in [0.3, 0.4) is 0 Å². The molecule has 200 valence electrons. The number of nitrogens with zero attached hydrogens (tertiary/aromatic N) is 6. The van der Waals surface area contributed by atoms with Gasteiger partial charge in [0.2, 0.25) is 5.95 Å². The average molecular weight is 530 g/mol. The average Bonchev–Trinajstić information content (AvgIpc) is 3.61. The van der Waals surface area contributed by atoms with E-state index in [1.807, 2.05) is 4.98 Å². The largest absolute Gasteiger partial charge is 0.394 e. The Labute approximate surface area is 209 Å². The number of ether oxygens (including phenoxy) is 1. The highest BCUT2D eigenvalue weighted by Gasteiger charge is 2.43. The molecule has 0 unspecified atom stereocenters. The van der Waals surface area contributed by atoms with Gasteiger partial charge >= 0.3 is 5.69 Å². The molecule has 1 aliphatic heterocycles. The van der Waals surface area contributed by atoms with Gasteiger partial charge in [0.1, 0.15) is 30.2 Å². The number of aliphatic hydroxyl groups is 3. The van der Waals surface area contributed by atoms with Crippen molar-refractivity contribution in [3.8, 4) is 0 Å². The first kappa shape index (κ1) is 26.1. The number of aliphatic hydroxyl groups excluding tert-OH is 3. The molecule has 19 nitrogen and oxygen atoms in total. The minimum atomic E-state index is -1.35. The van der Waals surface area contributed by atoms with Crippen molar-refractivity contribution in [1.82, 2.24) is 49.4 Å². The van der Waals surface area contributed by atoms with Crippen LogP contribution in [0, 0.1) is 0 Å². The van der Waals surface area contributed by atoms with Crippen molar-refractivity contribution in [3.63, 3.8) is 0 Å². The van der Waals surface area contributed by atoms with Crippen LogP contribution in [0.2, 0.25) is 0 Å². The van der Waals surface area contributed by atoms with Crippen LogP contribution in [0.15, 0.2) is 45.6 Å². The number of hydrogen-bond donors (Lipinski definition) is 9. The predicted octanol–water partition coefficient (Wildman–Crippen LogP) is -3.69. The molecule has 0 amide bonds. The lowest BCUT2D eigenvalue weighted by Crippen LogP contribution is -2.37. The third-order valence-corrected chi connectivity index (χ3v) is 5.21. The number of imidazole rings is 2. The lowest BCUT2D eigenvalue weighted by atomic mass is 10.1. The van der Waals surface area contributed by atoms with Crippen molar-refractivity contribution in [3.05, 3.63) is 62.4 Å². The Bertz CT molecular complexity index is 1710. The zero-order valence-corrected chi connectivity index (χ0v) is 19.2. The van der Waals surface area contributed by atoms with Crippen LogP contribution < -0.4 is 28.3 Å². The number of nitrogen functional groups attached to an aromatic ring is 2. The molecule has 0 aliphatic carbocycles. The highest BCUT2D eigenvalue weighted by Crippen LogP contribution is 2.27. The summed E-state index contributed by atoms with van der Waals surface area (Å²) in [7, 11) is 0. The summed E-state index contributed by atoms with van der Waals surface area (Å²) in [5.74, 6) is 0.511. The van der Waals surface area contributed by atoms with Gasteiger partial charge in [0.05, 0.1) is 19.3 Å². The zero-order valence-electron chi connectivity index (χ0n) is 19.2. The van der Waals surface area contributed by atoms with E-state index in [1.165, 1.54) is 19.0 Å². The summed E-state index contributed by atoms with van der Waals surface area (Å²) in [5.41, 5.74) is 11.1. The highest BCUT2D eigenvalue weighted by molar-refractivity contribution is 5.80. The second-order valence-corrected chi connectivity index (χ2v) is 7.66. The van der Waals surface area contributed by atoms with Crippen molar-refractivity contribution in [2.24, 2.45) is 0 Å². The van der Waals surface area contributed by atoms with Gasteiger partial charge in [0.25, 0.3) is 11.1 Å². The second-order valence-electron chi connectivity index (χ2n) is 7.66. The third-order valence-electron chi connectivity index (χ3n) is 5.21. The summed E-state index contributed by atoms with van der Waals surface area (Å²) in [5, 5.41) is 28.1. The van der Waals surface area contributed by atoms with Gasteiger partial charge in [-0.25, -0.2) is 24.7 Å². The summed E-state index contributed by atoms with van der Waals surface area (Å²) in [6.07, 6.45) is 0.738. The molecular formula is C19H22N12O7. The number of aromatic nitrogens is 10. The van der Waals surface area contributed by atoms with Crippen molar-refractivity contribution in [1.29, 1.82) is 0 Å². The van der Waals surface area contributed by atoms with E-state index in [0.29, 0.717) is 28.1 Å². The molecule has 0 saturated carbocycles. The fourth-order valence-corrected chi connectivity index (χ4v) is 3.38. The normalized spacial score (nSPS) is 20.5. The molecule has 6 heterocycles. The number of rotatable bonds is 2. The van der Waals surface area contributed by atoms with Crippen LogP contribution in [0.25, 0.3) is 22.3 Å². The first-order valence-electron chi connectivity index (χ1n) is 10.7. The van der Waals surface area contributed by atoms with Gasteiger partial charge in [-0.3, -0.25) is 24.1 Å². The Morgan fingerprint density at radius 3 is 2.32 bits per heavy atom. The van der Waals surface area contributed by atoms with Gasteiger partial charge in [-0.05, 0) is 0 Å². The summed E-state index contributed by atoms with van der Waals surface area (Å²) in [6.45, 7) is -0.479. The molecule has 5 aromatic rings. The van der Waals surface area contributed by atoms with E-state index in [-0.39, 0.29) is 11.5 Å². The lowest BCUT2D eigenvalue weighted by Gasteiger charge is -2.16. The molecule has 1 saturated heterocycles. The molecule has 19 heteroatoms. The molecule has 6 rings (SSSR count). The molecule has 1 fully saturated rings. The second kappa shape index (κ2) is 11.0. The van der Waals surface area contributed by atoms with Gasteiger partial charge in [-0.2, -0.15) is 4.98 Å². The van der Waals surface area contributed by atoms with Gasteiger partial charge in [0, 0.05) is 12.3 Å². The quantitative estimate of drug-likeness (QED) is 0.106. The minimum Gasteiger partial charge on any atom is -0.394 e. The standard InChI is InChI=1S/C9H12N2O6.C5H5N5O.C5H5N5/c12-3-4-6(14)7(15)8(17-4)11-2-1-5(13)10-9(11)16;6-5-9-3-2(4(11)10-5)7-1-8-3;6-4-3-5(9-1-7-3)10-2-8-4/h1-2,4,6-8,12,14-15H,3H2,(H,10,13,16);1H,(H4,6,7,8,9,10,11);1-2H,(H3,6,7,8,9,10)/t4-,6-,7-,8-;;/m1../s1. The predicted molar refractivity (Wildman–Crippen MR) is 129 cm³/mol. The monoisotopic (exact) mass is 530 g/mol. The summed E-state index contributed by atoms with van der Waals surface area (Å²) in [6, 6.07) is 1.09. The van der Waals surface area contributed by atoms with E-state index in [2.05, 4.69) is 39.9 Å². The molecule has 38 heavy (non-hydrogen) atoms. The van der Waals surface area contributed by atoms with E-state index in [0.717, 1.165) is 16.8 Å². The molecule has 11 N–H and O–H groups in total. The van der Waals surface area contributed by atoms with Crippen LogP contribution >= 0.6 is 0 Å². The number of aromatic amines is 4. The molecule has 5 aromatic heterocycles. The Morgan fingerprint density at radius 2 is 1.66 bits per heavy atom. The van der Waals surface area contributed by atoms with Crippen LogP contribution in [0.4, 0.5) is 11.8 Å². The van der Waals surface area contributed by atoms with Gasteiger partial charge in [-0.1, -0.05) is 0 Å². The van der Waals surface area contributed by atoms with E-state index in [4.69, 9.17) is 21.3 Å². The SMILES string of the molecule is Nc1nc2nc[nH]c2c(=O)[nH]1.Nc1ncnc2nc[nH]c12.O=c1ccn([C@@H]2O[C@H](CO)[C@@H](O)[C@H]2O)c(=O)[nH]1. The Hall–Kier alpha value is -4.98. The molecule has 0 bridgehead atoms. The topological polar surface area (TPSA) is 306 Å². The summed E-state index contributed by atoms with van der Waals surface area (Å²) in [4.78, 5) is 62.2. The first-order valence-corrected chi connectivity index (χ1v) is 10.7. The first-order chi connectivity index (χ1) is 18.2. The van der Waals surface area contributed by atoms with Crippen molar-refractivity contribution in [2.75, 3.05) is 18.1 Å². The highest BCUT2D eigenvalue weighted by atomic mass is 16.6. The number of anilines is 2. The van der Waals surface area contributed by atoms with E-state index in [9.17, 15) is 24.6 Å². The van der Waals surface area contributed by atoms with Crippen molar-refractivity contribution in [2.45, 2.75) is 24.5 Å². The smallest absolute Gasteiger partial charge is 0.330 e. The maximum Gasteiger partial charge on any atom is 0.330 e. The Morgan fingerprint density at radius 1 is 0.947 bits per heavy atom. The van der Waals surface area contributed by atoms with E-state index in [1.54, 1.807) is 0 Å². The number of hydrogen-bond acceptors (Lipinski definition) is 14. The minimum absolute atomic E-state index is 0.0783. The number of nitrogens with one attached hydrogen (secondary N) is 4. The lowest BCUT2D eigenvalue weighted by molar-refractivity contribution is -0.0550.